The van der Waals surface area contributed by atoms with Crippen molar-refractivity contribution in [2.45, 2.75) is 6.54 Å². The maximum atomic E-state index is 10.7. The van der Waals surface area contributed by atoms with E-state index >= 15 is 0 Å². The minimum atomic E-state index is -0.429. The molecule has 0 aliphatic carbocycles. The molecule has 0 amide bonds. The van der Waals surface area contributed by atoms with Crippen LogP contribution in [0.25, 0.3) is 11.0 Å². The first kappa shape index (κ1) is 13.4. The Balaban J connectivity index is 1.78. The molecule has 3 rings (SSSR count). The first-order valence-corrected chi connectivity index (χ1v) is 6.62. The Morgan fingerprint density at radius 3 is 2.71 bits per heavy atom. The van der Waals surface area contributed by atoms with Crippen molar-refractivity contribution in [2.75, 3.05) is 5.32 Å². The van der Waals surface area contributed by atoms with E-state index in [0.717, 1.165) is 5.56 Å². The van der Waals surface area contributed by atoms with Crippen LogP contribution in [0.2, 0.25) is 5.02 Å². The smallest absolute Gasteiger partial charge is 0.271 e. The van der Waals surface area contributed by atoms with Gasteiger partial charge in [0, 0.05) is 23.7 Å². The average molecular weight is 303 g/mol. The van der Waals surface area contributed by atoms with Crippen LogP contribution in [0.5, 0.6) is 0 Å². The predicted octanol–water partition coefficient (Wildman–Crippen LogP) is 3.74. The molecule has 0 atom stereocenters. The molecule has 0 unspecified atom stereocenters. The van der Waals surface area contributed by atoms with Crippen LogP contribution in [-0.4, -0.2) is 14.9 Å². The first-order chi connectivity index (χ1) is 10.1. The van der Waals surface area contributed by atoms with E-state index in [2.05, 4.69) is 15.3 Å². The van der Waals surface area contributed by atoms with E-state index in [-0.39, 0.29) is 5.69 Å². The second kappa shape index (κ2) is 5.41. The highest BCUT2D eigenvalue weighted by atomic mass is 35.5. The Morgan fingerprint density at radius 2 is 2.00 bits per heavy atom. The van der Waals surface area contributed by atoms with E-state index in [1.54, 1.807) is 6.07 Å². The molecule has 2 N–H and O–H groups in total. The quantitative estimate of drug-likeness (QED) is 0.568. The summed E-state index contributed by atoms with van der Waals surface area (Å²) in [6.45, 7) is 0.582. The fourth-order valence-electron chi connectivity index (χ4n) is 1.98. The lowest BCUT2D eigenvalue weighted by atomic mass is 10.2. The van der Waals surface area contributed by atoms with Gasteiger partial charge in [-0.05, 0) is 23.8 Å². The molecule has 106 valence electrons. The van der Waals surface area contributed by atoms with Gasteiger partial charge in [-0.25, -0.2) is 4.98 Å². The van der Waals surface area contributed by atoms with Crippen molar-refractivity contribution in [3.05, 3.63) is 63.2 Å². The minimum absolute atomic E-state index is 0.0374. The normalized spacial score (nSPS) is 10.7. The van der Waals surface area contributed by atoms with Crippen LogP contribution >= 0.6 is 11.6 Å². The highest BCUT2D eigenvalue weighted by Crippen LogP contribution is 2.20. The number of H-pyrrole nitrogens is 1. The molecule has 3 aromatic rings. The lowest BCUT2D eigenvalue weighted by Crippen LogP contribution is -2.00. The molecule has 0 bridgehead atoms. The zero-order valence-corrected chi connectivity index (χ0v) is 11.6. The van der Waals surface area contributed by atoms with Crippen LogP contribution in [0.15, 0.2) is 42.5 Å². The van der Waals surface area contributed by atoms with Crippen molar-refractivity contribution in [3.8, 4) is 0 Å². The zero-order valence-electron chi connectivity index (χ0n) is 10.8. The molecule has 0 fully saturated rings. The molecule has 0 aliphatic heterocycles. The second-order valence-corrected chi connectivity index (χ2v) is 4.96. The molecule has 0 aliphatic rings. The second-order valence-electron chi connectivity index (χ2n) is 4.52. The lowest BCUT2D eigenvalue weighted by Gasteiger charge is -2.02. The molecular weight excluding hydrogens is 292 g/mol. The highest BCUT2D eigenvalue weighted by molar-refractivity contribution is 6.30. The van der Waals surface area contributed by atoms with Crippen LogP contribution in [0, 0.1) is 10.1 Å². The van der Waals surface area contributed by atoms with Crippen LogP contribution in [0.4, 0.5) is 11.6 Å². The van der Waals surface area contributed by atoms with Gasteiger partial charge in [0.1, 0.15) is 0 Å². The van der Waals surface area contributed by atoms with Gasteiger partial charge in [-0.1, -0.05) is 23.7 Å². The number of nitro benzene ring substituents is 1. The number of aromatic nitrogens is 2. The molecule has 2 aromatic carbocycles. The van der Waals surface area contributed by atoms with Gasteiger partial charge in [0.25, 0.3) is 5.69 Å². The highest BCUT2D eigenvalue weighted by Gasteiger charge is 2.09. The number of hydrogen-bond acceptors (Lipinski definition) is 4. The largest absolute Gasteiger partial charge is 0.352 e. The van der Waals surface area contributed by atoms with Crippen molar-refractivity contribution in [2.24, 2.45) is 0 Å². The standard InChI is InChI=1S/C14H11ClN4O2/c15-10-3-1-9(2-4-10)8-16-14-17-12-6-5-11(19(20)21)7-13(12)18-14/h1-7H,8H2,(H2,16,17,18). The van der Waals surface area contributed by atoms with E-state index in [9.17, 15) is 10.1 Å². The van der Waals surface area contributed by atoms with Gasteiger partial charge in [-0.15, -0.1) is 0 Å². The molecule has 0 radical (unpaired) electrons. The van der Waals surface area contributed by atoms with E-state index in [1.807, 2.05) is 24.3 Å². The average Bonchev–Trinajstić information content (AvgIpc) is 2.88. The zero-order chi connectivity index (χ0) is 14.8. The number of nitrogens with zero attached hydrogens (tertiary/aromatic N) is 2. The number of nitro groups is 1. The maximum Gasteiger partial charge on any atom is 0.271 e. The fraction of sp³-hybridized carbons (Fsp3) is 0.0714. The Hall–Kier alpha value is -2.60. The summed E-state index contributed by atoms with van der Waals surface area (Å²) in [5, 5.41) is 14.6. The number of halogens is 1. The van der Waals surface area contributed by atoms with Gasteiger partial charge in [0.15, 0.2) is 0 Å². The molecule has 1 aromatic heterocycles. The molecule has 0 spiro atoms. The number of non-ortho nitro benzene ring substituents is 1. The summed E-state index contributed by atoms with van der Waals surface area (Å²) in [4.78, 5) is 17.7. The number of aromatic amines is 1. The summed E-state index contributed by atoms with van der Waals surface area (Å²) in [6.07, 6.45) is 0. The Bertz CT molecular complexity index is 798. The summed E-state index contributed by atoms with van der Waals surface area (Å²) in [6, 6.07) is 12.0. The van der Waals surface area contributed by atoms with Crippen molar-refractivity contribution in [1.82, 2.24) is 9.97 Å². The number of benzene rings is 2. The Kier molecular flexibility index (Phi) is 3.45. The van der Waals surface area contributed by atoms with E-state index in [4.69, 9.17) is 11.6 Å². The molecule has 6 nitrogen and oxygen atoms in total. The lowest BCUT2D eigenvalue weighted by molar-refractivity contribution is -0.384. The van der Waals surface area contributed by atoms with Gasteiger partial charge in [0.05, 0.1) is 16.0 Å². The van der Waals surface area contributed by atoms with Gasteiger partial charge in [-0.2, -0.15) is 0 Å². The van der Waals surface area contributed by atoms with E-state index in [0.29, 0.717) is 28.5 Å². The van der Waals surface area contributed by atoms with Gasteiger partial charge >= 0.3 is 0 Å². The van der Waals surface area contributed by atoms with Crippen molar-refractivity contribution >= 4 is 34.3 Å². The van der Waals surface area contributed by atoms with Crippen molar-refractivity contribution in [1.29, 1.82) is 0 Å². The van der Waals surface area contributed by atoms with Gasteiger partial charge in [0.2, 0.25) is 5.95 Å². The minimum Gasteiger partial charge on any atom is -0.352 e. The van der Waals surface area contributed by atoms with E-state index in [1.165, 1.54) is 12.1 Å². The summed E-state index contributed by atoms with van der Waals surface area (Å²) >= 11 is 5.83. The van der Waals surface area contributed by atoms with Crippen LogP contribution in [0.1, 0.15) is 5.56 Å². The summed E-state index contributed by atoms with van der Waals surface area (Å²) in [5.41, 5.74) is 2.41. The summed E-state index contributed by atoms with van der Waals surface area (Å²) in [5.74, 6) is 0.570. The third-order valence-electron chi connectivity index (χ3n) is 3.05. The molecular formula is C14H11ClN4O2. The number of hydrogen-bond donors (Lipinski definition) is 2. The fourth-order valence-corrected chi connectivity index (χ4v) is 2.11. The van der Waals surface area contributed by atoms with Crippen LogP contribution < -0.4 is 5.32 Å². The molecule has 21 heavy (non-hydrogen) atoms. The number of imidazole rings is 1. The van der Waals surface area contributed by atoms with E-state index < -0.39 is 4.92 Å². The maximum absolute atomic E-state index is 10.7. The monoisotopic (exact) mass is 302 g/mol. The molecule has 0 saturated carbocycles. The van der Waals surface area contributed by atoms with Crippen LogP contribution in [0.3, 0.4) is 0 Å². The van der Waals surface area contributed by atoms with Crippen molar-refractivity contribution < 1.29 is 4.92 Å². The summed E-state index contributed by atoms with van der Waals surface area (Å²) in [7, 11) is 0. The number of rotatable bonds is 4. The molecule has 0 saturated heterocycles. The Labute approximate surface area is 124 Å². The van der Waals surface area contributed by atoms with Crippen molar-refractivity contribution in [3.63, 3.8) is 0 Å². The topological polar surface area (TPSA) is 83.8 Å². The Morgan fingerprint density at radius 1 is 1.24 bits per heavy atom. The van der Waals surface area contributed by atoms with Crippen LogP contribution in [-0.2, 0) is 6.54 Å². The number of nitrogens with one attached hydrogen (secondary N) is 2. The molecule has 1 heterocycles. The number of anilines is 1. The third kappa shape index (κ3) is 2.95. The number of fused-ring (bicyclic) bond motifs is 1. The van der Waals surface area contributed by atoms with Gasteiger partial charge in [-0.3, -0.25) is 10.1 Å². The SMILES string of the molecule is O=[N+]([O-])c1ccc2nc(NCc3ccc(Cl)cc3)[nH]c2c1. The van der Waals surface area contributed by atoms with Gasteiger partial charge < -0.3 is 10.3 Å². The third-order valence-corrected chi connectivity index (χ3v) is 3.30. The predicted molar refractivity (Wildman–Crippen MR) is 81.5 cm³/mol. The molecule has 7 heteroatoms. The summed E-state index contributed by atoms with van der Waals surface area (Å²) < 4.78 is 0. The first-order valence-electron chi connectivity index (χ1n) is 6.24.